The molecule has 0 aliphatic carbocycles. The van der Waals surface area contributed by atoms with Crippen molar-refractivity contribution in [1.29, 1.82) is 0 Å². The molecule has 22 heteroatoms. The first-order chi connectivity index (χ1) is 41.2. The highest BCUT2D eigenvalue weighted by atomic mass is 79.9. The monoisotopic (exact) mass is 1290 g/mol. The lowest BCUT2D eigenvalue weighted by Gasteiger charge is -2.26. The van der Waals surface area contributed by atoms with Gasteiger partial charge in [-0.1, -0.05) is 43.5 Å². The van der Waals surface area contributed by atoms with Crippen LogP contribution in [0, 0.1) is 11.6 Å². The first-order valence-electron chi connectivity index (χ1n) is 28.5. The molecule has 4 aromatic carbocycles. The van der Waals surface area contributed by atoms with Crippen molar-refractivity contribution in [2.45, 2.75) is 57.8 Å². The number of nitrogens with one attached hydrogen (secondary N) is 2. The van der Waals surface area contributed by atoms with E-state index in [2.05, 4.69) is 72.1 Å². The highest BCUT2D eigenvalue weighted by Crippen LogP contribution is 2.27. The number of hydrogen-bond donors (Lipinski definition) is 6. The van der Waals surface area contributed by atoms with Crippen LogP contribution in [0.3, 0.4) is 0 Å². The fourth-order valence-electron chi connectivity index (χ4n) is 9.08. The number of likely N-dealkylation sites (tertiary alicyclic amines) is 3. The number of nitrogens with zero attached hydrogens (tertiary/aromatic N) is 6. The van der Waals surface area contributed by atoms with Crippen LogP contribution in [0.5, 0.6) is 23.0 Å². The first kappa shape index (κ1) is 67.1. The molecule has 7 aromatic rings. The number of carbonyl (C=O) groups excluding carboxylic acids is 2. The van der Waals surface area contributed by atoms with Crippen LogP contribution in [0.25, 0.3) is 11.1 Å². The minimum Gasteiger partial charge on any atom is -0.478 e. The van der Waals surface area contributed by atoms with E-state index < -0.39 is 13.1 Å². The summed E-state index contributed by atoms with van der Waals surface area (Å²) in [4.78, 5) is 53.8. The Labute approximate surface area is 513 Å². The summed E-state index contributed by atoms with van der Waals surface area (Å²) in [5, 5.41) is 32.2. The van der Waals surface area contributed by atoms with Crippen molar-refractivity contribution in [3.05, 3.63) is 190 Å². The van der Waals surface area contributed by atoms with Gasteiger partial charge in [0.15, 0.2) is 0 Å². The summed E-state index contributed by atoms with van der Waals surface area (Å²) in [6.45, 7) is 12.2. The van der Waals surface area contributed by atoms with Gasteiger partial charge in [0, 0.05) is 91.0 Å². The zero-order chi connectivity index (χ0) is 60.6. The smallest absolute Gasteiger partial charge is 0.478 e. The maximum absolute atomic E-state index is 13.0. The molecule has 3 saturated heterocycles. The molecule has 0 atom stereocenters. The van der Waals surface area contributed by atoms with Crippen LogP contribution in [-0.2, 0) is 0 Å². The topological polar surface area (TPSA) is 229 Å². The van der Waals surface area contributed by atoms with Gasteiger partial charge in [0.25, 0.3) is 11.8 Å². The SMILES string of the molecule is NCCN1CCCCC1.O=C(NCCN1CCCCC1)c1cncc(-c2ccc(Oc3ccc(F)cc3)cc2)c1.O=C(NCCN1CCCCC1)c1cncc(Br)c1.O=C(O)c1cncc(Br)c1.OB(O)c1ccc(Oc2ccc(F)cc2)cc1. The number of benzene rings is 4. The molecule has 0 bridgehead atoms. The minimum absolute atomic E-state index is 0.0548. The Hall–Kier alpha value is -7.02. The Balaban J connectivity index is 0.000000184. The molecule has 0 spiro atoms. The molecule has 0 unspecified atom stereocenters. The number of carboxylic acids is 1. The van der Waals surface area contributed by atoms with Gasteiger partial charge in [0.05, 0.1) is 16.7 Å². The summed E-state index contributed by atoms with van der Waals surface area (Å²) in [5.41, 5.74) is 8.93. The zero-order valence-electron chi connectivity index (χ0n) is 47.5. The number of pyridine rings is 3. The summed E-state index contributed by atoms with van der Waals surface area (Å²) in [6.07, 6.45) is 21.3. The number of carboxylic acid groups (broad SMARTS) is 1. The van der Waals surface area contributed by atoms with Gasteiger partial charge in [-0.15, -0.1) is 0 Å². The van der Waals surface area contributed by atoms with Crippen LogP contribution in [0.1, 0.15) is 88.9 Å². The van der Waals surface area contributed by atoms with Crippen LogP contribution < -0.4 is 31.3 Å². The Kier molecular flexibility index (Phi) is 29.5. The molecule has 3 fully saturated rings. The largest absolute Gasteiger partial charge is 0.488 e. The Bertz CT molecular complexity index is 3080. The van der Waals surface area contributed by atoms with Gasteiger partial charge >= 0.3 is 13.1 Å². The van der Waals surface area contributed by atoms with Crippen molar-refractivity contribution in [3.8, 4) is 34.1 Å². The normalized spacial score (nSPS) is 14.2. The van der Waals surface area contributed by atoms with E-state index in [9.17, 15) is 23.2 Å². The van der Waals surface area contributed by atoms with Crippen molar-refractivity contribution in [2.75, 3.05) is 78.5 Å². The number of carbonyl (C=O) groups is 3. The molecule has 0 saturated carbocycles. The van der Waals surface area contributed by atoms with E-state index in [0.29, 0.717) is 57.1 Å². The number of aromatic nitrogens is 3. The summed E-state index contributed by atoms with van der Waals surface area (Å²) in [7, 11) is -1.49. The predicted octanol–water partition coefficient (Wildman–Crippen LogP) is 10.2. The van der Waals surface area contributed by atoms with Gasteiger partial charge < -0.3 is 55.7 Å². The second-order valence-electron chi connectivity index (χ2n) is 20.1. The molecule has 7 N–H and O–H groups in total. The van der Waals surface area contributed by atoms with Gasteiger partial charge in [0.2, 0.25) is 0 Å². The Morgan fingerprint density at radius 3 is 1.25 bits per heavy atom. The second-order valence-corrected chi connectivity index (χ2v) is 22.0. The van der Waals surface area contributed by atoms with Gasteiger partial charge in [-0.25, -0.2) is 13.6 Å². The molecule has 3 aliphatic heterocycles. The molecular weight excluding hydrogens is 1220 g/mol. The Morgan fingerprint density at radius 1 is 0.494 bits per heavy atom. The van der Waals surface area contributed by atoms with Crippen molar-refractivity contribution in [3.63, 3.8) is 0 Å². The molecule has 2 amide bonds. The number of rotatable bonds is 17. The molecule has 17 nitrogen and oxygen atoms in total. The maximum atomic E-state index is 13.0. The van der Waals surface area contributed by atoms with Gasteiger partial charge in [-0.2, -0.15) is 0 Å². The average Bonchev–Trinajstić information content (AvgIpc) is 3.63. The maximum Gasteiger partial charge on any atom is 0.488 e. The summed E-state index contributed by atoms with van der Waals surface area (Å²) >= 11 is 6.42. The predicted molar refractivity (Wildman–Crippen MR) is 334 cm³/mol. The van der Waals surface area contributed by atoms with Crippen LogP contribution >= 0.6 is 31.9 Å². The molecule has 450 valence electrons. The van der Waals surface area contributed by atoms with Crippen LogP contribution in [0.4, 0.5) is 8.78 Å². The molecular formula is C63H74BBr2F2N9O8. The highest BCUT2D eigenvalue weighted by molar-refractivity contribution is 9.10. The van der Waals surface area contributed by atoms with E-state index in [1.54, 1.807) is 67.3 Å². The third kappa shape index (κ3) is 25.6. The fourth-order valence-corrected chi connectivity index (χ4v) is 9.81. The molecule has 6 heterocycles. The van der Waals surface area contributed by atoms with Crippen molar-refractivity contribution >= 4 is 62.2 Å². The van der Waals surface area contributed by atoms with Gasteiger partial charge in [0.1, 0.15) is 34.6 Å². The minimum atomic E-state index is -1.49. The van der Waals surface area contributed by atoms with Crippen molar-refractivity contribution in [1.82, 2.24) is 40.3 Å². The highest BCUT2D eigenvalue weighted by Gasteiger charge is 2.15. The van der Waals surface area contributed by atoms with Crippen LogP contribution in [-0.4, -0.2) is 148 Å². The lowest BCUT2D eigenvalue weighted by molar-refractivity contribution is 0.0695. The third-order valence-electron chi connectivity index (χ3n) is 13.6. The molecule has 0 radical (unpaired) electrons. The number of nitrogens with two attached hydrogens (primary N) is 1. The second kappa shape index (κ2) is 37.4. The van der Waals surface area contributed by atoms with E-state index >= 15 is 0 Å². The van der Waals surface area contributed by atoms with E-state index in [1.807, 2.05) is 30.3 Å². The fraction of sp³-hybridized carbons (Fsp3) is 0.333. The number of hydrogen-bond acceptors (Lipinski definition) is 14. The number of amides is 2. The summed E-state index contributed by atoms with van der Waals surface area (Å²) in [6, 6.07) is 30.5. The molecule has 3 aliphatic rings. The number of halogens is 4. The molecule has 10 rings (SSSR count). The lowest BCUT2D eigenvalue weighted by atomic mass is 9.80. The quantitative estimate of drug-likeness (QED) is 0.0466. The molecule has 3 aromatic heterocycles. The summed E-state index contributed by atoms with van der Waals surface area (Å²) in [5.74, 6) is 0.526. The third-order valence-corrected chi connectivity index (χ3v) is 14.5. The van der Waals surface area contributed by atoms with E-state index in [1.165, 1.54) is 126 Å². The van der Waals surface area contributed by atoms with Crippen LogP contribution in [0.2, 0.25) is 0 Å². The first-order valence-corrected chi connectivity index (χ1v) is 30.1. The van der Waals surface area contributed by atoms with E-state index in [-0.39, 0.29) is 29.0 Å². The zero-order valence-corrected chi connectivity index (χ0v) is 50.7. The van der Waals surface area contributed by atoms with Gasteiger partial charge in [-0.3, -0.25) is 24.5 Å². The van der Waals surface area contributed by atoms with Crippen LogP contribution in [0.15, 0.2) is 161 Å². The Morgan fingerprint density at radius 2 is 0.859 bits per heavy atom. The van der Waals surface area contributed by atoms with Crippen molar-refractivity contribution < 1.29 is 47.8 Å². The van der Waals surface area contributed by atoms with Crippen molar-refractivity contribution in [2.24, 2.45) is 5.73 Å². The average molecular weight is 1290 g/mol. The van der Waals surface area contributed by atoms with E-state index in [4.69, 9.17) is 30.4 Å². The summed E-state index contributed by atoms with van der Waals surface area (Å²) < 4.78 is 38.3. The van der Waals surface area contributed by atoms with E-state index in [0.717, 1.165) is 68.0 Å². The number of piperidine rings is 3. The lowest BCUT2D eigenvalue weighted by Crippen LogP contribution is -2.37. The standard InChI is InChI=1S/C25H26FN3O2.C13H18BrN3O.C12H10BFO3.C7H16N2.C6H4BrNO2/c26-22-6-10-24(11-7-22)31-23-8-4-19(5-9-23)20-16-21(18-27-17-20)25(30)28-12-15-29-13-2-1-3-14-29;14-12-8-11(9-15-10-12)13(18)16-4-7-17-5-2-1-3-6-17;14-10-3-7-12(8-4-10)17-11-5-1-9(2-6-11)13(15)16;8-4-7-9-5-2-1-3-6-9;7-5-1-4(6(9)10)2-8-3-5/h4-11,16-18H,1-3,12-15H2,(H,28,30);8-10H,1-7H2,(H,16,18);1-8,15-16H;1-8H2;1-3H,(H,9,10). The van der Waals surface area contributed by atoms with Gasteiger partial charge in [-0.05, 0) is 212 Å². The molecule has 85 heavy (non-hydrogen) atoms. The number of ether oxygens (including phenoxy) is 2. The number of aromatic carboxylic acids is 1.